The zero-order valence-corrected chi connectivity index (χ0v) is 10.7. The van der Waals surface area contributed by atoms with Gasteiger partial charge in [-0.25, -0.2) is 4.98 Å². The van der Waals surface area contributed by atoms with Crippen molar-refractivity contribution in [3.8, 4) is 5.88 Å². The molecule has 5 heteroatoms. The molecule has 1 saturated heterocycles. The number of anilines is 1. The normalized spacial score (nSPS) is 20.5. The third-order valence-electron chi connectivity index (χ3n) is 3.21. The van der Waals surface area contributed by atoms with Crippen molar-refractivity contribution >= 4 is 5.82 Å². The number of nitrogens with one attached hydrogen (secondary N) is 1. The fourth-order valence-corrected chi connectivity index (χ4v) is 2.19. The van der Waals surface area contributed by atoms with Gasteiger partial charge in [-0.2, -0.15) is 4.98 Å². The summed E-state index contributed by atoms with van der Waals surface area (Å²) < 4.78 is 5.13. The molecule has 1 aliphatic rings. The fourth-order valence-electron chi connectivity index (χ4n) is 2.19. The minimum atomic E-state index is 0.608. The lowest BCUT2D eigenvalue weighted by molar-refractivity contribution is 0.322. The maximum absolute atomic E-state index is 5.13. The monoisotopic (exact) mass is 236 g/mol. The first-order valence-corrected chi connectivity index (χ1v) is 6.03. The van der Waals surface area contributed by atoms with E-state index in [1.807, 2.05) is 13.0 Å². The van der Waals surface area contributed by atoms with Gasteiger partial charge in [-0.05, 0) is 33.4 Å². The summed E-state index contributed by atoms with van der Waals surface area (Å²) in [6.45, 7) is 3.99. The molecule has 1 atom stereocenters. The summed E-state index contributed by atoms with van der Waals surface area (Å²) >= 11 is 0. The van der Waals surface area contributed by atoms with Gasteiger partial charge in [-0.15, -0.1) is 0 Å². The molecule has 94 valence electrons. The summed E-state index contributed by atoms with van der Waals surface area (Å²) in [5.74, 6) is 2.18. The van der Waals surface area contributed by atoms with Crippen LogP contribution in [0.5, 0.6) is 5.88 Å². The van der Waals surface area contributed by atoms with Gasteiger partial charge in [0.15, 0.2) is 0 Å². The summed E-state index contributed by atoms with van der Waals surface area (Å²) in [7, 11) is 3.79. The van der Waals surface area contributed by atoms with Gasteiger partial charge in [-0.3, -0.25) is 0 Å². The third-order valence-corrected chi connectivity index (χ3v) is 3.21. The molecule has 1 unspecified atom stereocenters. The van der Waals surface area contributed by atoms with Gasteiger partial charge in [0, 0.05) is 18.7 Å². The minimum Gasteiger partial charge on any atom is -0.481 e. The second-order valence-electron chi connectivity index (χ2n) is 4.50. The quantitative estimate of drug-likeness (QED) is 0.854. The number of likely N-dealkylation sites (N-methyl/N-ethyl adjacent to an activating group) is 1. The maximum atomic E-state index is 5.13. The van der Waals surface area contributed by atoms with Crippen LogP contribution in [0, 0.1) is 6.92 Å². The smallest absolute Gasteiger partial charge is 0.218 e. The Bertz CT molecular complexity index is 383. The average molecular weight is 236 g/mol. The molecule has 1 aliphatic heterocycles. The van der Waals surface area contributed by atoms with Crippen molar-refractivity contribution < 1.29 is 4.74 Å². The highest BCUT2D eigenvalue weighted by molar-refractivity contribution is 5.38. The van der Waals surface area contributed by atoms with E-state index < -0.39 is 0 Å². The zero-order chi connectivity index (χ0) is 12.3. The van der Waals surface area contributed by atoms with Crippen LogP contribution in [-0.2, 0) is 0 Å². The first-order valence-electron chi connectivity index (χ1n) is 6.03. The van der Waals surface area contributed by atoms with Gasteiger partial charge in [0.1, 0.15) is 11.6 Å². The number of hydrogen-bond donors (Lipinski definition) is 1. The molecule has 17 heavy (non-hydrogen) atoms. The Morgan fingerprint density at radius 2 is 2.35 bits per heavy atom. The molecule has 2 rings (SSSR count). The Balaban J connectivity index is 1.96. The maximum Gasteiger partial charge on any atom is 0.218 e. The van der Waals surface area contributed by atoms with Gasteiger partial charge in [0.25, 0.3) is 0 Å². The van der Waals surface area contributed by atoms with Crippen molar-refractivity contribution in [3.63, 3.8) is 0 Å². The molecule has 0 radical (unpaired) electrons. The number of aryl methyl sites for hydroxylation is 1. The fraction of sp³-hybridized carbons (Fsp3) is 0.667. The second kappa shape index (κ2) is 5.31. The van der Waals surface area contributed by atoms with Crippen LogP contribution in [0.15, 0.2) is 6.07 Å². The number of likely N-dealkylation sites (tertiary alicyclic amines) is 1. The second-order valence-corrected chi connectivity index (χ2v) is 4.50. The van der Waals surface area contributed by atoms with Crippen molar-refractivity contribution in [2.45, 2.75) is 25.8 Å². The van der Waals surface area contributed by atoms with Crippen LogP contribution in [0.2, 0.25) is 0 Å². The van der Waals surface area contributed by atoms with Crippen molar-refractivity contribution in [1.29, 1.82) is 0 Å². The van der Waals surface area contributed by atoms with Gasteiger partial charge in [0.2, 0.25) is 5.88 Å². The van der Waals surface area contributed by atoms with E-state index >= 15 is 0 Å². The lowest BCUT2D eigenvalue weighted by atomic mass is 10.2. The molecule has 0 saturated carbocycles. The van der Waals surface area contributed by atoms with E-state index in [1.165, 1.54) is 19.4 Å². The molecule has 1 N–H and O–H groups in total. The van der Waals surface area contributed by atoms with E-state index in [9.17, 15) is 0 Å². The summed E-state index contributed by atoms with van der Waals surface area (Å²) in [5.41, 5.74) is 0. The van der Waals surface area contributed by atoms with E-state index in [0.29, 0.717) is 11.9 Å². The van der Waals surface area contributed by atoms with E-state index in [4.69, 9.17) is 4.74 Å². The molecule has 2 heterocycles. The molecular weight excluding hydrogens is 216 g/mol. The van der Waals surface area contributed by atoms with Crippen LogP contribution in [0.3, 0.4) is 0 Å². The Morgan fingerprint density at radius 1 is 1.53 bits per heavy atom. The summed E-state index contributed by atoms with van der Waals surface area (Å²) in [5, 5.41) is 3.36. The van der Waals surface area contributed by atoms with Crippen molar-refractivity contribution in [3.05, 3.63) is 11.9 Å². The molecule has 1 fully saturated rings. The SMILES string of the molecule is COc1cc(NCC2CCCN2C)nc(C)n1. The first kappa shape index (κ1) is 12.1. The predicted octanol–water partition coefficient (Wildman–Crippen LogP) is 1.30. The minimum absolute atomic E-state index is 0.608. The number of methoxy groups -OCH3 is 1. The number of hydrogen-bond acceptors (Lipinski definition) is 5. The summed E-state index contributed by atoms with van der Waals surface area (Å²) in [4.78, 5) is 10.9. The van der Waals surface area contributed by atoms with Crippen molar-refractivity contribution in [2.24, 2.45) is 0 Å². The van der Waals surface area contributed by atoms with E-state index in [1.54, 1.807) is 7.11 Å². The third kappa shape index (κ3) is 3.06. The Labute approximate surface area is 102 Å². The molecular formula is C12H20N4O. The van der Waals surface area contributed by atoms with Crippen LogP contribution >= 0.6 is 0 Å². The molecule has 0 spiro atoms. The topological polar surface area (TPSA) is 50.3 Å². The Morgan fingerprint density at radius 3 is 3.00 bits per heavy atom. The lowest BCUT2D eigenvalue weighted by Gasteiger charge is -2.20. The first-order chi connectivity index (χ1) is 8.19. The Kier molecular flexibility index (Phi) is 3.78. The number of nitrogens with zero attached hydrogens (tertiary/aromatic N) is 3. The molecule has 0 aromatic carbocycles. The summed E-state index contributed by atoms with van der Waals surface area (Å²) in [6, 6.07) is 2.44. The van der Waals surface area contributed by atoms with Crippen molar-refractivity contribution in [2.75, 3.05) is 32.6 Å². The van der Waals surface area contributed by atoms with Crippen LogP contribution in [0.4, 0.5) is 5.82 Å². The number of ether oxygens (including phenoxy) is 1. The number of aromatic nitrogens is 2. The molecule has 0 bridgehead atoms. The van der Waals surface area contributed by atoms with E-state index in [-0.39, 0.29) is 0 Å². The highest BCUT2D eigenvalue weighted by atomic mass is 16.5. The Hall–Kier alpha value is -1.36. The standard InChI is InChI=1S/C12H20N4O/c1-9-14-11(7-12(15-9)17-3)13-8-10-5-4-6-16(10)2/h7,10H,4-6,8H2,1-3H3,(H,13,14,15). The van der Waals surface area contributed by atoms with Crippen LogP contribution in [-0.4, -0.2) is 48.2 Å². The molecule has 1 aromatic heterocycles. The van der Waals surface area contributed by atoms with Crippen LogP contribution in [0.1, 0.15) is 18.7 Å². The average Bonchev–Trinajstić information content (AvgIpc) is 2.71. The molecule has 5 nitrogen and oxygen atoms in total. The molecule has 0 amide bonds. The van der Waals surface area contributed by atoms with Crippen molar-refractivity contribution in [1.82, 2.24) is 14.9 Å². The zero-order valence-electron chi connectivity index (χ0n) is 10.7. The van der Waals surface area contributed by atoms with Crippen LogP contribution in [0.25, 0.3) is 0 Å². The van der Waals surface area contributed by atoms with Crippen LogP contribution < -0.4 is 10.1 Å². The van der Waals surface area contributed by atoms with Gasteiger partial charge in [0.05, 0.1) is 7.11 Å². The lowest BCUT2D eigenvalue weighted by Crippen LogP contribution is -2.31. The largest absolute Gasteiger partial charge is 0.481 e. The van der Waals surface area contributed by atoms with Gasteiger partial charge < -0.3 is 15.0 Å². The summed E-state index contributed by atoms with van der Waals surface area (Å²) in [6.07, 6.45) is 2.54. The molecule has 1 aromatic rings. The van der Waals surface area contributed by atoms with E-state index in [2.05, 4.69) is 27.2 Å². The predicted molar refractivity (Wildman–Crippen MR) is 67.5 cm³/mol. The highest BCUT2D eigenvalue weighted by Gasteiger charge is 2.20. The van der Waals surface area contributed by atoms with Gasteiger partial charge in [-0.1, -0.05) is 0 Å². The van der Waals surface area contributed by atoms with E-state index in [0.717, 1.165) is 18.2 Å². The number of rotatable bonds is 4. The van der Waals surface area contributed by atoms with Gasteiger partial charge >= 0.3 is 0 Å². The molecule has 0 aliphatic carbocycles. The highest BCUT2D eigenvalue weighted by Crippen LogP contribution is 2.17.